The van der Waals surface area contributed by atoms with Crippen molar-refractivity contribution in [1.29, 1.82) is 0 Å². The van der Waals surface area contributed by atoms with E-state index in [1.54, 1.807) is 0 Å². The van der Waals surface area contributed by atoms with E-state index in [2.05, 4.69) is 39.5 Å². The molecule has 2 aliphatic rings. The smallest absolute Gasteiger partial charge is 0.0125 e. The van der Waals surface area contributed by atoms with E-state index in [1.807, 2.05) is 0 Å². The van der Waals surface area contributed by atoms with Crippen LogP contribution in [0.3, 0.4) is 0 Å². The molecule has 88 valence electrons. The van der Waals surface area contributed by atoms with Crippen LogP contribution in [0.25, 0.3) is 0 Å². The molecule has 1 heterocycles. The summed E-state index contributed by atoms with van der Waals surface area (Å²) in [5.41, 5.74) is 1.09. The van der Waals surface area contributed by atoms with Crippen molar-refractivity contribution in [2.24, 2.45) is 17.3 Å². The Morgan fingerprint density at radius 2 is 1.80 bits per heavy atom. The van der Waals surface area contributed by atoms with Gasteiger partial charge in [0.2, 0.25) is 0 Å². The molecule has 1 unspecified atom stereocenters. The van der Waals surface area contributed by atoms with Gasteiger partial charge in [-0.1, -0.05) is 13.8 Å². The molecular weight excluding hydrogens is 182 g/mol. The number of likely N-dealkylation sites (tertiary alicyclic amines) is 1. The van der Waals surface area contributed by atoms with E-state index in [-0.39, 0.29) is 0 Å². The standard InChI is InChI=1S/C14H27N/c1-11(2)12-6-9-15(13(3,4)5)10-14(12)7-8-14/h11-12H,6-10H2,1-5H3. The van der Waals surface area contributed by atoms with E-state index >= 15 is 0 Å². The zero-order valence-electron chi connectivity index (χ0n) is 11.1. The minimum absolute atomic E-state index is 0.373. The first-order valence-corrected chi connectivity index (χ1v) is 6.60. The maximum absolute atomic E-state index is 2.71. The molecule has 1 aliphatic heterocycles. The van der Waals surface area contributed by atoms with Crippen molar-refractivity contribution in [1.82, 2.24) is 4.90 Å². The minimum Gasteiger partial charge on any atom is -0.298 e. The lowest BCUT2D eigenvalue weighted by molar-refractivity contribution is 0.0188. The molecule has 1 heteroatoms. The molecule has 0 bridgehead atoms. The van der Waals surface area contributed by atoms with Crippen molar-refractivity contribution >= 4 is 0 Å². The first-order chi connectivity index (χ1) is 6.85. The molecular formula is C14H27N. The Kier molecular flexibility index (Phi) is 2.65. The maximum atomic E-state index is 2.71. The average molecular weight is 209 g/mol. The number of nitrogens with zero attached hydrogens (tertiary/aromatic N) is 1. The van der Waals surface area contributed by atoms with Gasteiger partial charge in [0.15, 0.2) is 0 Å². The lowest BCUT2D eigenvalue weighted by Crippen LogP contribution is -2.51. The molecule has 1 saturated heterocycles. The first kappa shape index (κ1) is 11.4. The largest absolute Gasteiger partial charge is 0.298 e. The van der Waals surface area contributed by atoms with Gasteiger partial charge < -0.3 is 0 Å². The van der Waals surface area contributed by atoms with E-state index in [1.165, 1.54) is 32.4 Å². The molecule has 1 aliphatic carbocycles. The summed E-state index contributed by atoms with van der Waals surface area (Å²) in [5.74, 6) is 1.88. The molecule has 0 N–H and O–H groups in total. The lowest BCUT2D eigenvalue weighted by Gasteiger charge is -2.47. The van der Waals surface area contributed by atoms with Gasteiger partial charge in [-0.2, -0.15) is 0 Å². The zero-order chi connectivity index (χ0) is 11.3. The molecule has 0 amide bonds. The van der Waals surface area contributed by atoms with E-state index in [0.29, 0.717) is 5.54 Å². The predicted octanol–water partition coefficient (Wildman–Crippen LogP) is 3.54. The van der Waals surface area contributed by atoms with Crippen LogP contribution in [0.5, 0.6) is 0 Å². The van der Waals surface area contributed by atoms with Crippen molar-refractivity contribution in [3.05, 3.63) is 0 Å². The fourth-order valence-corrected chi connectivity index (χ4v) is 3.48. The van der Waals surface area contributed by atoms with E-state index in [4.69, 9.17) is 0 Å². The summed E-state index contributed by atoms with van der Waals surface area (Å²) < 4.78 is 0. The van der Waals surface area contributed by atoms with Crippen molar-refractivity contribution in [2.45, 2.75) is 59.4 Å². The van der Waals surface area contributed by atoms with Crippen LogP contribution in [0.4, 0.5) is 0 Å². The highest BCUT2D eigenvalue weighted by Gasteiger charge is 2.53. The minimum atomic E-state index is 0.373. The Morgan fingerprint density at radius 3 is 2.20 bits per heavy atom. The van der Waals surface area contributed by atoms with E-state index in [9.17, 15) is 0 Å². The second-order valence-corrected chi connectivity index (χ2v) is 7.09. The molecule has 0 radical (unpaired) electrons. The van der Waals surface area contributed by atoms with Crippen molar-refractivity contribution < 1.29 is 0 Å². The van der Waals surface area contributed by atoms with Gasteiger partial charge in [-0.15, -0.1) is 0 Å². The highest BCUT2D eigenvalue weighted by Crippen LogP contribution is 2.58. The van der Waals surface area contributed by atoms with Crippen LogP contribution in [0.15, 0.2) is 0 Å². The normalized spacial score (nSPS) is 31.2. The summed E-state index contributed by atoms with van der Waals surface area (Å²) in [4.78, 5) is 2.71. The van der Waals surface area contributed by atoms with Crippen LogP contribution in [0, 0.1) is 17.3 Å². The summed E-state index contributed by atoms with van der Waals surface area (Å²) >= 11 is 0. The highest BCUT2D eigenvalue weighted by molar-refractivity contribution is 5.05. The molecule has 1 spiro atoms. The molecule has 1 nitrogen and oxygen atoms in total. The van der Waals surface area contributed by atoms with Gasteiger partial charge in [0.25, 0.3) is 0 Å². The third-order valence-electron chi connectivity index (χ3n) is 4.65. The van der Waals surface area contributed by atoms with Gasteiger partial charge in [0.05, 0.1) is 0 Å². The third kappa shape index (κ3) is 2.08. The fourth-order valence-electron chi connectivity index (χ4n) is 3.48. The van der Waals surface area contributed by atoms with Gasteiger partial charge in [-0.25, -0.2) is 0 Å². The van der Waals surface area contributed by atoms with Crippen molar-refractivity contribution in [2.75, 3.05) is 13.1 Å². The monoisotopic (exact) mass is 209 g/mol. The zero-order valence-corrected chi connectivity index (χ0v) is 11.1. The number of piperidine rings is 1. The van der Waals surface area contributed by atoms with Crippen LogP contribution in [-0.4, -0.2) is 23.5 Å². The average Bonchev–Trinajstić information content (AvgIpc) is 2.83. The third-order valence-corrected chi connectivity index (χ3v) is 4.65. The van der Waals surface area contributed by atoms with Crippen LogP contribution in [0.1, 0.15) is 53.9 Å². The summed E-state index contributed by atoms with van der Waals surface area (Å²) in [6, 6.07) is 0. The molecule has 15 heavy (non-hydrogen) atoms. The van der Waals surface area contributed by atoms with Crippen molar-refractivity contribution in [3.63, 3.8) is 0 Å². The second-order valence-electron chi connectivity index (χ2n) is 7.09. The first-order valence-electron chi connectivity index (χ1n) is 6.60. The summed E-state index contributed by atoms with van der Waals surface area (Å²) in [7, 11) is 0. The molecule has 0 aromatic carbocycles. The highest BCUT2D eigenvalue weighted by atomic mass is 15.2. The Bertz CT molecular complexity index is 232. The van der Waals surface area contributed by atoms with Gasteiger partial charge in [-0.05, 0) is 63.8 Å². The van der Waals surface area contributed by atoms with Crippen LogP contribution in [0.2, 0.25) is 0 Å². The summed E-state index contributed by atoms with van der Waals surface area (Å²) in [6.45, 7) is 14.6. The number of hydrogen-bond acceptors (Lipinski definition) is 1. The molecule has 1 atom stereocenters. The van der Waals surface area contributed by atoms with Gasteiger partial charge >= 0.3 is 0 Å². The van der Waals surface area contributed by atoms with E-state index in [0.717, 1.165) is 17.3 Å². The summed E-state index contributed by atoms with van der Waals surface area (Å²) in [6.07, 6.45) is 4.40. The quantitative estimate of drug-likeness (QED) is 0.638. The van der Waals surface area contributed by atoms with Crippen molar-refractivity contribution in [3.8, 4) is 0 Å². The molecule has 2 fully saturated rings. The Hall–Kier alpha value is -0.0400. The van der Waals surface area contributed by atoms with Gasteiger partial charge in [-0.3, -0.25) is 4.90 Å². The Balaban J connectivity index is 2.06. The van der Waals surface area contributed by atoms with Gasteiger partial charge in [0.1, 0.15) is 0 Å². The molecule has 2 rings (SSSR count). The Labute approximate surface area is 95.2 Å². The summed E-state index contributed by atoms with van der Waals surface area (Å²) in [5, 5.41) is 0. The van der Waals surface area contributed by atoms with Crippen LogP contribution >= 0.6 is 0 Å². The SMILES string of the molecule is CC(C)C1CCN(C(C)(C)C)CC12CC2. The lowest BCUT2D eigenvalue weighted by atomic mass is 9.74. The number of hydrogen-bond donors (Lipinski definition) is 0. The molecule has 0 aromatic heterocycles. The number of rotatable bonds is 1. The Morgan fingerprint density at radius 1 is 1.20 bits per heavy atom. The fraction of sp³-hybridized carbons (Fsp3) is 1.00. The second kappa shape index (κ2) is 3.48. The van der Waals surface area contributed by atoms with Crippen LogP contribution < -0.4 is 0 Å². The molecule has 0 aromatic rings. The van der Waals surface area contributed by atoms with Gasteiger partial charge in [0, 0.05) is 12.1 Å². The topological polar surface area (TPSA) is 3.24 Å². The van der Waals surface area contributed by atoms with E-state index < -0.39 is 0 Å². The predicted molar refractivity (Wildman–Crippen MR) is 65.9 cm³/mol. The van der Waals surface area contributed by atoms with Crippen LogP contribution in [-0.2, 0) is 0 Å². The maximum Gasteiger partial charge on any atom is 0.0125 e. The molecule has 1 saturated carbocycles.